The molecule has 2 aromatic rings. The number of hydrogen-bond acceptors (Lipinski definition) is 4. The number of carbonyl (C=O) groups is 1. The second-order valence-corrected chi connectivity index (χ2v) is 6.98. The first-order valence-electron chi connectivity index (χ1n) is 9.34. The largest absolute Gasteiger partial charge is 0.493 e. The van der Waals surface area contributed by atoms with Gasteiger partial charge in [-0.25, -0.2) is 0 Å². The monoisotopic (exact) mass is 369 g/mol. The number of amides is 1. The van der Waals surface area contributed by atoms with E-state index >= 15 is 0 Å². The molecule has 0 spiro atoms. The lowest BCUT2D eigenvalue weighted by Gasteiger charge is -2.31. The Balaban J connectivity index is 1.84. The van der Waals surface area contributed by atoms with Gasteiger partial charge in [0, 0.05) is 18.7 Å². The minimum Gasteiger partial charge on any atom is -0.493 e. The van der Waals surface area contributed by atoms with Gasteiger partial charge in [0.15, 0.2) is 11.5 Å². The summed E-state index contributed by atoms with van der Waals surface area (Å²) in [5.74, 6) is 2.04. The predicted octanol–water partition coefficient (Wildman–Crippen LogP) is 4.15. The first-order chi connectivity index (χ1) is 13.1. The minimum absolute atomic E-state index is 0.00718. The van der Waals surface area contributed by atoms with Gasteiger partial charge in [-0.1, -0.05) is 37.3 Å². The normalized spacial score (nSPS) is 16.7. The molecule has 144 valence electrons. The van der Waals surface area contributed by atoms with Gasteiger partial charge in [0.2, 0.25) is 5.75 Å². The van der Waals surface area contributed by atoms with Crippen molar-refractivity contribution in [2.24, 2.45) is 5.92 Å². The van der Waals surface area contributed by atoms with Gasteiger partial charge in [-0.3, -0.25) is 4.79 Å². The number of hydrogen-bond donors (Lipinski definition) is 0. The van der Waals surface area contributed by atoms with E-state index in [1.165, 1.54) is 6.42 Å². The van der Waals surface area contributed by atoms with Crippen LogP contribution in [-0.2, 0) is 6.61 Å². The lowest BCUT2D eigenvalue weighted by Crippen LogP contribution is -2.39. The van der Waals surface area contributed by atoms with E-state index in [4.69, 9.17) is 14.2 Å². The lowest BCUT2D eigenvalue weighted by molar-refractivity contribution is 0.0682. The Bertz CT molecular complexity index is 750. The highest BCUT2D eigenvalue weighted by Crippen LogP contribution is 2.39. The van der Waals surface area contributed by atoms with Crippen LogP contribution >= 0.6 is 0 Å². The second-order valence-electron chi connectivity index (χ2n) is 6.98. The lowest BCUT2D eigenvalue weighted by atomic mass is 9.99. The molecule has 0 N–H and O–H groups in total. The summed E-state index contributed by atoms with van der Waals surface area (Å²) >= 11 is 0. The first-order valence-corrected chi connectivity index (χ1v) is 9.34. The Morgan fingerprint density at radius 2 is 1.78 bits per heavy atom. The summed E-state index contributed by atoms with van der Waals surface area (Å²) in [6.45, 7) is 4.15. The van der Waals surface area contributed by atoms with Gasteiger partial charge in [0.05, 0.1) is 14.2 Å². The van der Waals surface area contributed by atoms with E-state index in [1.54, 1.807) is 26.4 Å². The molecule has 1 saturated heterocycles. The Hall–Kier alpha value is -2.69. The Kier molecular flexibility index (Phi) is 6.22. The molecule has 0 bridgehead atoms. The van der Waals surface area contributed by atoms with Crippen LogP contribution in [0.25, 0.3) is 0 Å². The summed E-state index contributed by atoms with van der Waals surface area (Å²) in [5.41, 5.74) is 1.61. The third-order valence-electron chi connectivity index (χ3n) is 4.88. The van der Waals surface area contributed by atoms with Crippen LogP contribution in [0.4, 0.5) is 0 Å². The van der Waals surface area contributed by atoms with Crippen molar-refractivity contribution in [3.05, 3.63) is 53.6 Å². The number of rotatable bonds is 6. The van der Waals surface area contributed by atoms with E-state index in [2.05, 4.69) is 6.92 Å². The molecule has 1 aliphatic heterocycles. The molecule has 1 unspecified atom stereocenters. The fourth-order valence-corrected chi connectivity index (χ4v) is 3.43. The smallest absolute Gasteiger partial charge is 0.254 e. The van der Waals surface area contributed by atoms with Crippen molar-refractivity contribution in [3.63, 3.8) is 0 Å². The molecule has 2 aromatic carbocycles. The molecule has 1 atom stereocenters. The van der Waals surface area contributed by atoms with E-state index in [-0.39, 0.29) is 5.91 Å². The Morgan fingerprint density at radius 3 is 2.37 bits per heavy atom. The maximum atomic E-state index is 12.9. The van der Waals surface area contributed by atoms with Gasteiger partial charge < -0.3 is 19.1 Å². The molecular weight excluding hydrogens is 342 g/mol. The van der Waals surface area contributed by atoms with Gasteiger partial charge in [-0.05, 0) is 36.5 Å². The van der Waals surface area contributed by atoms with E-state index in [0.29, 0.717) is 35.3 Å². The number of benzene rings is 2. The highest BCUT2D eigenvalue weighted by molar-refractivity contribution is 5.95. The predicted molar refractivity (Wildman–Crippen MR) is 105 cm³/mol. The van der Waals surface area contributed by atoms with Crippen molar-refractivity contribution >= 4 is 5.91 Å². The highest BCUT2D eigenvalue weighted by atomic mass is 16.5. The summed E-state index contributed by atoms with van der Waals surface area (Å²) < 4.78 is 17.0. The van der Waals surface area contributed by atoms with E-state index in [9.17, 15) is 4.79 Å². The first kappa shape index (κ1) is 19.1. The number of ether oxygens (including phenoxy) is 3. The molecule has 1 amide bonds. The third kappa shape index (κ3) is 4.54. The van der Waals surface area contributed by atoms with Crippen LogP contribution in [0, 0.1) is 5.92 Å². The average Bonchev–Trinajstić information content (AvgIpc) is 2.71. The van der Waals surface area contributed by atoms with Gasteiger partial charge in [-0.2, -0.15) is 0 Å². The second kappa shape index (κ2) is 8.80. The zero-order valence-electron chi connectivity index (χ0n) is 16.2. The number of carbonyl (C=O) groups excluding carboxylic acids is 1. The maximum Gasteiger partial charge on any atom is 0.254 e. The van der Waals surface area contributed by atoms with Crippen LogP contribution in [0.2, 0.25) is 0 Å². The molecule has 0 radical (unpaired) electrons. The molecule has 0 aliphatic carbocycles. The van der Waals surface area contributed by atoms with Crippen molar-refractivity contribution < 1.29 is 19.0 Å². The standard InChI is InChI=1S/C22H27NO4/c1-16-8-7-11-23(14-16)22(24)18-12-19(25-2)21(20(13-18)26-3)27-15-17-9-5-4-6-10-17/h4-6,9-10,12-13,16H,7-8,11,14-15H2,1-3H3. The summed E-state index contributed by atoms with van der Waals surface area (Å²) in [6, 6.07) is 13.4. The summed E-state index contributed by atoms with van der Waals surface area (Å²) in [4.78, 5) is 14.9. The summed E-state index contributed by atoms with van der Waals surface area (Å²) in [7, 11) is 3.14. The maximum absolute atomic E-state index is 12.9. The molecule has 5 nitrogen and oxygen atoms in total. The zero-order chi connectivity index (χ0) is 19.2. The van der Waals surface area contributed by atoms with Crippen molar-refractivity contribution in [1.82, 2.24) is 4.90 Å². The fourth-order valence-electron chi connectivity index (χ4n) is 3.43. The van der Waals surface area contributed by atoms with Crippen LogP contribution in [0.5, 0.6) is 17.2 Å². The SMILES string of the molecule is COc1cc(C(=O)N2CCCC(C)C2)cc(OC)c1OCc1ccccc1. The number of likely N-dealkylation sites (tertiary alicyclic amines) is 1. The zero-order valence-corrected chi connectivity index (χ0v) is 16.2. The number of methoxy groups -OCH3 is 2. The summed E-state index contributed by atoms with van der Waals surface area (Å²) in [6.07, 6.45) is 2.21. The van der Waals surface area contributed by atoms with Gasteiger partial charge in [0.25, 0.3) is 5.91 Å². The van der Waals surface area contributed by atoms with Crippen molar-refractivity contribution in [2.75, 3.05) is 27.3 Å². The van der Waals surface area contributed by atoms with Crippen LogP contribution in [0.1, 0.15) is 35.7 Å². The van der Waals surface area contributed by atoms with E-state index in [0.717, 1.165) is 25.1 Å². The number of nitrogens with zero attached hydrogens (tertiary/aromatic N) is 1. The molecule has 1 heterocycles. The molecular formula is C22H27NO4. The Morgan fingerprint density at radius 1 is 1.11 bits per heavy atom. The molecule has 3 rings (SSSR count). The van der Waals surface area contributed by atoms with Crippen LogP contribution in [-0.4, -0.2) is 38.1 Å². The number of piperidine rings is 1. The molecule has 0 saturated carbocycles. The molecule has 27 heavy (non-hydrogen) atoms. The summed E-state index contributed by atoms with van der Waals surface area (Å²) in [5, 5.41) is 0. The van der Waals surface area contributed by atoms with Crippen LogP contribution in [0.3, 0.4) is 0 Å². The highest BCUT2D eigenvalue weighted by Gasteiger charge is 2.25. The van der Waals surface area contributed by atoms with Crippen molar-refractivity contribution in [1.29, 1.82) is 0 Å². The van der Waals surface area contributed by atoms with Gasteiger partial charge >= 0.3 is 0 Å². The minimum atomic E-state index is 0.00718. The Labute approximate surface area is 160 Å². The van der Waals surface area contributed by atoms with Crippen molar-refractivity contribution in [2.45, 2.75) is 26.4 Å². The molecule has 1 fully saturated rings. The van der Waals surface area contributed by atoms with Crippen LogP contribution < -0.4 is 14.2 Å². The fraction of sp³-hybridized carbons (Fsp3) is 0.409. The van der Waals surface area contributed by atoms with E-state index in [1.807, 2.05) is 35.2 Å². The third-order valence-corrected chi connectivity index (χ3v) is 4.88. The molecule has 1 aliphatic rings. The van der Waals surface area contributed by atoms with Crippen LogP contribution in [0.15, 0.2) is 42.5 Å². The van der Waals surface area contributed by atoms with Gasteiger partial charge in [0.1, 0.15) is 6.61 Å². The van der Waals surface area contributed by atoms with E-state index < -0.39 is 0 Å². The van der Waals surface area contributed by atoms with Gasteiger partial charge in [-0.15, -0.1) is 0 Å². The van der Waals surface area contributed by atoms with Crippen molar-refractivity contribution in [3.8, 4) is 17.2 Å². The molecule has 5 heteroatoms. The average molecular weight is 369 g/mol. The quantitative estimate of drug-likeness (QED) is 0.767. The molecule has 0 aromatic heterocycles. The topological polar surface area (TPSA) is 48.0 Å².